The largest absolute Gasteiger partial charge is 0.496 e. The number of hydrogen-bond acceptors (Lipinski definition) is 5. The summed E-state index contributed by atoms with van der Waals surface area (Å²) in [7, 11) is 1.58. The second kappa shape index (κ2) is 5.95. The maximum absolute atomic E-state index is 11.0. The van der Waals surface area contributed by atoms with Gasteiger partial charge in [-0.3, -0.25) is 4.79 Å². The quantitative estimate of drug-likeness (QED) is 0.911. The number of benzene rings is 1. The Hall–Kier alpha value is -2.37. The first-order chi connectivity index (χ1) is 9.93. The van der Waals surface area contributed by atoms with E-state index in [0.717, 1.165) is 5.56 Å². The Morgan fingerprint density at radius 2 is 2.10 bits per heavy atom. The molecule has 0 amide bonds. The Morgan fingerprint density at radius 3 is 2.71 bits per heavy atom. The lowest BCUT2D eigenvalue weighted by molar-refractivity contribution is -0.141. The smallest absolute Gasteiger partial charge is 0.307 e. The van der Waals surface area contributed by atoms with Crippen molar-refractivity contribution in [2.24, 2.45) is 5.92 Å². The molecule has 0 aliphatic heterocycles. The van der Waals surface area contributed by atoms with Crippen molar-refractivity contribution in [3.8, 4) is 17.1 Å². The van der Waals surface area contributed by atoms with E-state index in [9.17, 15) is 4.79 Å². The van der Waals surface area contributed by atoms with Gasteiger partial charge in [-0.2, -0.15) is 4.98 Å². The molecule has 2 aromatic rings. The van der Waals surface area contributed by atoms with E-state index in [0.29, 0.717) is 23.0 Å². The molecule has 21 heavy (non-hydrogen) atoms. The molecule has 6 nitrogen and oxygen atoms in total. The fourth-order valence-corrected chi connectivity index (χ4v) is 1.94. The molecule has 0 bridgehead atoms. The number of aromatic nitrogens is 2. The van der Waals surface area contributed by atoms with E-state index in [2.05, 4.69) is 10.1 Å². The Labute approximate surface area is 122 Å². The number of carbonyl (C=O) groups is 1. The molecule has 1 N–H and O–H groups in total. The molecule has 112 valence electrons. The van der Waals surface area contributed by atoms with Gasteiger partial charge >= 0.3 is 5.97 Å². The van der Waals surface area contributed by atoms with Crippen LogP contribution in [0.2, 0.25) is 0 Å². The fraction of sp³-hybridized carbons (Fsp3) is 0.400. The van der Waals surface area contributed by atoms with Crippen molar-refractivity contribution >= 4 is 5.97 Å². The van der Waals surface area contributed by atoms with Crippen molar-refractivity contribution in [1.82, 2.24) is 10.1 Å². The number of carboxylic acids is 1. The highest BCUT2D eigenvalue weighted by Gasteiger charge is 2.26. The number of nitrogens with zero attached hydrogens (tertiary/aromatic N) is 2. The number of carboxylic acid groups (broad SMARTS) is 1. The van der Waals surface area contributed by atoms with Gasteiger partial charge in [0.25, 0.3) is 0 Å². The number of methoxy groups -OCH3 is 1. The molecule has 0 radical (unpaired) electrons. The molecule has 0 spiro atoms. The molecule has 0 aliphatic rings. The van der Waals surface area contributed by atoms with E-state index in [4.69, 9.17) is 14.4 Å². The Bertz CT molecular complexity index is 651. The van der Waals surface area contributed by atoms with Crippen LogP contribution in [-0.4, -0.2) is 28.3 Å². The van der Waals surface area contributed by atoms with E-state index in [1.807, 2.05) is 25.1 Å². The first kappa shape index (κ1) is 15.0. The van der Waals surface area contributed by atoms with Gasteiger partial charge in [-0.25, -0.2) is 0 Å². The summed E-state index contributed by atoms with van der Waals surface area (Å²) in [5.74, 6) is -0.497. The number of rotatable bonds is 5. The van der Waals surface area contributed by atoms with Crippen LogP contribution >= 0.6 is 0 Å². The first-order valence-electron chi connectivity index (χ1n) is 6.65. The van der Waals surface area contributed by atoms with E-state index < -0.39 is 11.9 Å². The highest BCUT2D eigenvalue weighted by Crippen LogP contribution is 2.31. The lowest BCUT2D eigenvalue weighted by Crippen LogP contribution is -2.16. The van der Waals surface area contributed by atoms with Gasteiger partial charge in [-0.05, 0) is 24.6 Å². The van der Waals surface area contributed by atoms with Gasteiger partial charge in [0.05, 0.1) is 18.6 Å². The van der Waals surface area contributed by atoms with E-state index in [-0.39, 0.29) is 5.92 Å². The summed E-state index contributed by atoms with van der Waals surface area (Å²) in [6.45, 7) is 5.33. The topological polar surface area (TPSA) is 85.5 Å². The zero-order chi connectivity index (χ0) is 15.6. The summed E-state index contributed by atoms with van der Waals surface area (Å²) in [5.41, 5.74) is 1.78. The summed E-state index contributed by atoms with van der Waals surface area (Å²) >= 11 is 0. The molecule has 2 unspecified atom stereocenters. The molecule has 0 fully saturated rings. The van der Waals surface area contributed by atoms with Crippen molar-refractivity contribution < 1.29 is 19.2 Å². The Kier molecular flexibility index (Phi) is 4.26. The zero-order valence-electron chi connectivity index (χ0n) is 12.5. The normalized spacial score (nSPS) is 13.7. The van der Waals surface area contributed by atoms with Crippen molar-refractivity contribution in [2.45, 2.75) is 26.7 Å². The molecule has 0 saturated carbocycles. The maximum Gasteiger partial charge on any atom is 0.307 e. The highest BCUT2D eigenvalue weighted by atomic mass is 16.5. The minimum absolute atomic E-state index is 0.308. The average molecular weight is 290 g/mol. The van der Waals surface area contributed by atoms with Gasteiger partial charge in [-0.1, -0.05) is 25.1 Å². The van der Waals surface area contributed by atoms with Crippen LogP contribution in [0, 0.1) is 12.8 Å². The Balaban J connectivity index is 2.34. The molecular weight excluding hydrogens is 272 g/mol. The third-order valence-electron chi connectivity index (χ3n) is 3.57. The zero-order valence-corrected chi connectivity index (χ0v) is 12.5. The molecule has 2 atom stereocenters. The molecule has 2 rings (SSSR count). The SMILES string of the molecule is COc1cc(C)ccc1-c1noc(C(C)C(C)C(=O)O)n1. The summed E-state index contributed by atoms with van der Waals surface area (Å²) < 4.78 is 10.5. The van der Waals surface area contributed by atoms with Gasteiger partial charge in [0, 0.05) is 5.92 Å². The van der Waals surface area contributed by atoms with Crippen molar-refractivity contribution in [2.75, 3.05) is 7.11 Å². The summed E-state index contributed by atoms with van der Waals surface area (Å²) in [4.78, 5) is 15.3. The van der Waals surface area contributed by atoms with Crippen molar-refractivity contribution in [1.29, 1.82) is 0 Å². The predicted octanol–water partition coefficient (Wildman–Crippen LogP) is 2.88. The average Bonchev–Trinajstić information content (AvgIpc) is 2.94. The van der Waals surface area contributed by atoms with Gasteiger partial charge < -0.3 is 14.4 Å². The summed E-state index contributed by atoms with van der Waals surface area (Å²) in [6, 6.07) is 5.67. The third-order valence-corrected chi connectivity index (χ3v) is 3.57. The highest BCUT2D eigenvalue weighted by molar-refractivity contribution is 5.70. The van der Waals surface area contributed by atoms with Crippen LogP contribution in [0.4, 0.5) is 0 Å². The standard InChI is InChI=1S/C15H18N2O4/c1-8-5-6-11(12(7-8)20-4)13-16-14(21-17-13)9(2)10(3)15(18)19/h5-7,9-10H,1-4H3,(H,18,19). The van der Waals surface area contributed by atoms with Gasteiger partial charge in [0.1, 0.15) is 5.75 Å². The Morgan fingerprint density at radius 1 is 1.38 bits per heavy atom. The lowest BCUT2D eigenvalue weighted by atomic mass is 9.96. The minimum atomic E-state index is -0.893. The molecule has 1 aromatic heterocycles. The number of aliphatic carboxylic acids is 1. The van der Waals surface area contributed by atoms with Crippen molar-refractivity contribution in [3.63, 3.8) is 0 Å². The monoisotopic (exact) mass is 290 g/mol. The van der Waals surface area contributed by atoms with Crippen LogP contribution in [-0.2, 0) is 4.79 Å². The number of ether oxygens (including phenoxy) is 1. The van der Waals surface area contributed by atoms with Crippen LogP contribution in [0.3, 0.4) is 0 Å². The lowest BCUT2D eigenvalue weighted by Gasteiger charge is -2.10. The number of hydrogen-bond donors (Lipinski definition) is 1. The van der Waals surface area contributed by atoms with Gasteiger partial charge in [-0.15, -0.1) is 0 Å². The molecule has 0 aliphatic carbocycles. The molecule has 6 heteroatoms. The van der Waals surface area contributed by atoms with Crippen molar-refractivity contribution in [3.05, 3.63) is 29.7 Å². The summed E-state index contributed by atoms with van der Waals surface area (Å²) in [6.07, 6.45) is 0. The minimum Gasteiger partial charge on any atom is -0.496 e. The maximum atomic E-state index is 11.0. The van der Waals surface area contributed by atoms with Crippen LogP contribution in [0.5, 0.6) is 5.75 Å². The van der Waals surface area contributed by atoms with Crippen LogP contribution in [0.15, 0.2) is 22.7 Å². The van der Waals surface area contributed by atoms with Crippen LogP contribution in [0.25, 0.3) is 11.4 Å². The second-order valence-electron chi connectivity index (χ2n) is 5.08. The molecular formula is C15H18N2O4. The van der Waals surface area contributed by atoms with E-state index in [1.54, 1.807) is 21.0 Å². The fourth-order valence-electron chi connectivity index (χ4n) is 1.94. The predicted molar refractivity (Wildman–Crippen MR) is 76.2 cm³/mol. The van der Waals surface area contributed by atoms with Gasteiger partial charge in [0.15, 0.2) is 0 Å². The van der Waals surface area contributed by atoms with E-state index >= 15 is 0 Å². The second-order valence-corrected chi connectivity index (χ2v) is 5.08. The van der Waals surface area contributed by atoms with E-state index in [1.165, 1.54) is 0 Å². The first-order valence-corrected chi connectivity index (χ1v) is 6.65. The van der Waals surface area contributed by atoms with Gasteiger partial charge in [0.2, 0.25) is 11.7 Å². The van der Waals surface area contributed by atoms with Crippen LogP contribution < -0.4 is 4.74 Å². The number of aryl methyl sites for hydroxylation is 1. The molecule has 1 aromatic carbocycles. The van der Waals surface area contributed by atoms with Crippen LogP contribution in [0.1, 0.15) is 31.2 Å². The summed E-state index contributed by atoms with van der Waals surface area (Å²) in [5, 5.41) is 13.0. The molecule has 0 saturated heterocycles. The third kappa shape index (κ3) is 3.04. The molecule has 1 heterocycles.